The fourth-order valence-electron chi connectivity index (χ4n) is 3.34. The van der Waals surface area contributed by atoms with E-state index in [0.717, 1.165) is 4.90 Å². The lowest BCUT2D eigenvalue weighted by Crippen LogP contribution is -2.29. The topological polar surface area (TPSA) is 113 Å². The molecule has 160 valence electrons. The van der Waals surface area contributed by atoms with E-state index in [2.05, 4.69) is 5.32 Å². The van der Waals surface area contributed by atoms with Crippen molar-refractivity contribution in [3.63, 3.8) is 0 Å². The largest absolute Gasteiger partial charge is 0.495 e. The zero-order valence-electron chi connectivity index (χ0n) is 16.6. The zero-order chi connectivity index (χ0) is 23.0. The van der Waals surface area contributed by atoms with Gasteiger partial charge in [0, 0.05) is 10.6 Å². The Bertz CT molecular complexity index is 1290. The zero-order valence-corrected chi connectivity index (χ0v) is 17.3. The Balaban J connectivity index is 1.57. The van der Waals surface area contributed by atoms with Crippen LogP contribution in [0.2, 0.25) is 5.02 Å². The number of aromatic carboxylic acids is 1. The first-order valence-corrected chi connectivity index (χ1v) is 9.69. The van der Waals surface area contributed by atoms with E-state index in [9.17, 15) is 19.2 Å². The van der Waals surface area contributed by atoms with Gasteiger partial charge in [-0.25, -0.2) is 9.69 Å². The Morgan fingerprint density at radius 2 is 1.56 bits per heavy atom. The Morgan fingerprint density at radius 1 is 0.906 bits per heavy atom. The molecule has 3 aromatic carbocycles. The number of carboxylic acids is 1. The van der Waals surface area contributed by atoms with Crippen LogP contribution in [-0.2, 0) is 0 Å². The van der Waals surface area contributed by atoms with Gasteiger partial charge in [0.05, 0.1) is 35.2 Å². The highest BCUT2D eigenvalue weighted by Crippen LogP contribution is 2.30. The molecule has 0 unspecified atom stereocenters. The maximum absolute atomic E-state index is 12.8. The second kappa shape index (κ2) is 8.16. The summed E-state index contributed by atoms with van der Waals surface area (Å²) in [5.74, 6) is -2.40. The van der Waals surface area contributed by atoms with E-state index in [0.29, 0.717) is 16.5 Å². The van der Waals surface area contributed by atoms with Crippen molar-refractivity contribution in [3.05, 3.63) is 87.9 Å². The lowest BCUT2D eigenvalue weighted by molar-refractivity contribution is 0.0696. The number of fused-ring (bicyclic) bond motifs is 1. The number of ether oxygens (including phenoxy) is 1. The monoisotopic (exact) mass is 450 g/mol. The molecule has 32 heavy (non-hydrogen) atoms. The van der Waals surface area contributed by atoms with Crippen molar-refractivity contribution < 1.29 is 29.0 Å². The number of hydrogen-bond acceptors (Lipinski definition) is 5. The molecule has 0 spiro atoms. The third-order valence-electron chi connectivity index (χ3n) is 4.93. The van der Waals surface area contributed by atoms with Crippen LogP contribution in [-0.4, -0.2) is 35.9 Å². The number of amides is 3. The van der Waals surface area contributed by atoms with Gasteiger partial charge in [0.2, 0.25) is 0 Å². The van der Waals surface area contributed by atoms with E-state index >= 15 is 0 Å². The summed E-state index contributed by atoms with van der Waals surface area (Å²) in [6.45, 7) is 0. The molecule has 1 aliphatic heterocycles. The normalized spacial score (nSPS) is 12.5. The Morgan fingerprint density at radius 3 is 2.22 bits per heavy atom. The molecule has 0 bridgehead atoms. The minimum absolute atomic E-state index is 0.0183. The molecule has 3 amide bonds. The molecule has 3 aromatic rings. The van der Waals surface area contributed by atoms with E-state index in [-0.39, 0.29) is 27.9 Å². The van der Waals surface area contributed by atoms with Crippen LogP contribution in [0.15, 0.2) is 60.7 Å². The van der Waals surface area contributed by atoms with Crippen LogP contribution in [0, 0.1) is 0 Å². The molecule has 1 heterocycles. The maximum atomic E-state index is 12.8. The molecule has 8 nitrogen and oxygen atoms in total. The molecule has 0 radical (unpaired) electrons. The molecule has 2 N–H and O–H groups in total. The summed E-state index contributed by atoms with van der Waals surface area (Å²) in [6, 6.07) is 14.4. The van der Waals surface area contributed by atoms with Crippen LogP contribution < -0.4 is 15.0 Å². The third kappa shape index (κ3) is 3.67. The van der Waals surface area contributed by atoms with Gasteiger partial charge in [0.15, 0.2) is 0 Å². The van der Waals surface area contributed by atoms with E-state index in [4.69, 9.17) is 21.4 Å². The van der Waals surface area contributed by atoms with Crippen LogP contribution in [0.3, 0.4) is 0 Å². The summed E-state index contributed by atoms with van der Waals surface area (Å²) in [6.07, 6.45) is 0. The van der Waals surface area contributed by atoms with Gasteiger partial charge in [-0.1, -0.05) is 11.6 Å². The minimum Gasteiger partial charge on any atom is -0.495 e. The van der Waals surface area contributed by atoms with Crippen molar-refractivity contribution in [1.82, 2.24) is 0 Å². The highest BCUT2D eigenvalue weighted by Gasteiger charge is 2.37. The number of imide groups is 1. The van der Waals surface area contributed by atoms with Gasteiger partial charge < -0.3 is 15.2 Å². The van der Waals surface area contributed by atoms with Crippen LogP contribution in [0.1, 0.15) is 41.4 Å². The lowest BCUT2D eigenvalue weighted by atomic mass is 10.1. The first-order chi connectivity index (χ1) is 15.3. The van der Waals surface area contributed by atoms with Crippen molar-refractivity contribution in [2.24, 2.45) is 0 Å². The Labute approximate surface area is 187 Å². The molecule has 4 rings (SSSR count). The second-order valence-corrected chi connectivity index (χ2v) is 7.29. The van der Waals surface area contributed by atoms with Gasteiger partial charge in [0.25, 0.3) is 17.7 Å². The standard InChI is InChI=1S/C23H15ClN2O6/c1-32-19-9-5-14(24)11-18(19)25-20(27)12-2-6-15(7-3-12)26-21(28)16-8-4-13(23(30)31)10-17(16)22(26)29/h2-11H,1H3,(H,25,27)(H,30,31). The van der Waals surface area contributed by atoms with Crippen molar-refractivity contribution in [1.29, 1.82) is 0 Å². The number of nitrogens with one attached hydrogen (secondary N) is 1. The number of carbonyl (C=O) groups is 4. The summed E-state index contributed by atoms with van der Waals surface area (Å²) in [4.78, 5) is 50.2. The summed E-state index contributed by atoms with van der Waals surface area (Å²) in [5.41, 5.74) is 0.976. The number of methoxy groups -OCH3 is 1. The Hall–Kier alpha value is -4.17. The third-order valence-corrected chi connectivity index (χ3v) is 5.17. The lowest BCUT2D eigenvalue weighted by Gasteiger charge is -2.15. The highest BCUT2D eigenvalue weighted by atomic mass is 35.5. The smallest absolute Gasteiger partial charge is 0.335 e. The quantitative estimate of drug-likeness (QED) is 0.566. The number of nitrogens with zero attached hydrogens (tertiary/aromatic N) is 1. The fourth-order valence-corrected chi connectivity index (χ4v) is 3.51. The molecule has 0 saturated heterocycles. The summed E-state index contributed by atoms with van der Waals surface area (Å²) in [5, 5.41) is 12.3. The number of carbonyl (C=O) groups excluding carboxylic acids is 3. The first-order valence-electron chi connectivity index (χ1n) is 9.31. The number of hydrogen-bond donors (Lipinski definition) is 2. The van der Waals surface area contributed by atoms with Crippen molar-refractivity contribution >= 4 is 46.7 Å². The van der Waals surface area contributed by atoms with Crippen molar-refractivity contribution in [2.45, 2.75) is 0 Å². The molecule has 9 heteroatoms. The first kappa shape index (κ1) is 21.1. The summed E-state index contributed by atoms with van der Waals surface area (Å²) < 4.78 is 5.21. The molecule has 0 saturated carbocycles. The molecule has 0 atom stereocenters. The van der Waals surface area contributed by atoms with E-state index in [1.165, 1.54) is 49.6 Å². The van der Waals surface area contributed by atoms with Crippen molar-refractivity contribution in [3.8, 4) is 5.75 Å². The van der Waals surface area contributed by atoms with Crippen molar-refractivity contribution in [2.75, 3.05) is 17.3 Å². The highest BCUT2D eigenvalue weighted by molar-refractivity contribution is 6.34. The van der Waals surface area contributed by atoms with E-state index in [1.54, 1.807) is 18.2 Å². The average molecular weight is 451 g/mol. The second-order valence-electron chi connectivity index (χ2n) is 6.86. The number of rotatable bonds is 5. The SMILES string of the molecule is COc1ccc(Cl)cc1NC(=O)c1ccc(N2C(=O)c3ccc(C(=O)O)cc3C2=O)cc1. The number of anilines is 2. The maximum Gasteiger partial charge on any atom is 0.335 e. The van der Waals surface area contributed by atoms with Gasteiger partial charge in [-0.05, 0) is 60.7 Å². The van der Waals surface area contributed by atoms with Gasteiger partial charge >= 0.3 is 5.97 Å². The van der Waals surface area contributed by atoms with Gasteiger partial charge in [-0.3, -0.25) is 14.4 Å². The molecule has 0 aromatic heterocycles. The van der Waals surface area contributed by atoms with Gasteiger partial charge in [-0.2, -0.15) is 0 Å². The van der Waals surface area contributed by atoms with Crippen LogP contribution in [0.5, 0.6) is 5.75 Å². The molecular formula is C23H15ClN2O6. The summed E-state index contributed by atoms with van der Waals surface area (Å²) >= 11 is 5.98. The number of halogens is 1. The van der Waals surface area contributed by atoms with E-state index in [1.807, 2.05) is 0 Å². The average Bonchev–Trinajstić information content (AvgIpc) is 3.03. The van der Waals surface area contributed by atoms with Crippen LogP contribution >= 0.6 is 11.6 Å². The van der Waals surface area contributed by atoms with Gasteiger partial charge in [0.1, 0.15) is 5.75 Å². The summed E-state index contributed by atoms with van der Waals surface area (Å²) in [7, 11) is 1.47. The molecular weight excluding hydrogens is 436 g/mol. The predicted octanol–water partition coefficient (Wildman–Crippen LogP) is 4.10. The predicted molar refractivity (Wildman–Crippen MR) is 117 cm³/mol. The van der Waals surface area contributed by atoms with E-state index < -0.39 is 23.7 Å². The molecule has 1 aliphatic rings. The Kier molecular flexibility index (Phi) is 5.38. The molecule has 0 fully saturated rings. The van der Waals surface area contributed by atoms with Crippen LogP contribution in [0.4, 0.5) is 11.4 Å². The van der Waals surface area contributed by atoms with Crippen LogP contribution in [0.25, 0.3) is 0 Å². The minimum atomic E-state index is -1.20. The molecule has 0 aliphatic carbocycles. The number of carboxylic acid groups (broad SMARTS) is 1. The fraction of sp³-hybridized carbons (Fsp3) is 0.0435. The number of benzene rings is 3. The van der Waals surface area contributed by atoms with Gasteiger partial charge in [-0.15, -0.1) is 0 Å².